The van der Waals surface area contributed by atoms with Gasteiger partial charge in [-0.25, -0.2) is 13.6 Å². The minimum absolute atomic E-state index is 0.0801. The fraction of sp³-hybridized carbons (Fsp3) is 0.176. The first-order valence-corrected chi connectivity index (χ1v) is 6.86. The number of hydrogen-bond donors (Lipinski definition) is 1. The van der Waals surface area contributed by atoms with Gasteiger partial charge in [0.05, 0.1) is 5.56 Å². The van der Waals surface area contributed by atoms with Gasteiger partial charge in [-0.15, -0.1) is 0 Å². The fourth-order valence-corrected chi connectivity index (χ4v) is 2.02. The molecule has 0 aromatic heterocycles. The van der Waals surface area contributed by atoms with Crippen LogP contribution in [0.25, 0.3) is 0 Å². The maximum atomic E-state index is 13.0. The van der Waals surface area contributed by atoms with Gasteiger partial charge in [0.2, 0.25) is 0 Å². The average Bonchev–Trinajstić information content (AvgIpc) is 2.48. The van der Waals surface area contributed by atoms with Crippen molar-refractivity contribution in [2.75, 3.05) is 11.9 Å². The molecule has 0 radical (unpaired) electrons. The van der Waals surface area contributed by atoms with Crippen molar-refractivity contribution in [3.63, 3.8) is 0 Å². The summed E-state index contributed by atoms with van der Waals surface area (Å²) in [7, 11) is 0. The van der Waals surface area contributed by atoms with Crippen LogP contribution in [0.3, 0.4) is 0 Å². The lowest BCUT2D eigenvalue weighted by Gasteiger charge is -2.09. The molecule has 0 bridgehead atoms. The Morgan fingerprint density at radius 2 is 1.78 bits per heavy atom. The predicted molar refractivity (Wildman–Crippen MR) is 81.2 cm³/mol. The number of halogens is 2. The summed E-state index contributed by atoms with van der Waals surface area (Å²) >= 11 is 0. The van der Waals surface area contributed by atoms with Crippen molar-refractivity contribution in [3.8, 4) is 0 Å². The van der Waals surface area contributed by atoms with Gasteiger partial charge in [0, 0.05) is 11.8 Å². The van der Waals surface area contributed by atoms with Crippen LogP contribution in [0.15, 0.2) is 36.4 Å². The van der Waals surface area contributed by atoms with E-state index in [9.17, 15) is 18.4 Å². The summed E-state index contributed by atoms with van der Waals surface area (Å²) in [5.74, 6) is -3.35. The monoisotopic (exact) mass is 319 g/mol. The minimum atomic E-state index is -1.07. The van der Waals surface area contributed by atoms with Gasteiger partial charge in [-0.1, -0.05) is 17.7 Å². The molecule has 120 valence electrons. The molecule has 0 atom stereocenters. The van der Waals surface area contributed by atoms with E-state index < -0.39 is 30.1 Å². The van der Waals surface area contributed by atoms with Crippen molar-refractivity contribution < 1.29 is 23.1 Å². The number of anilines is 1. The zero-order valence-corrected chi connectivity index (χ0v) is 12.7. The van der Waals surface area contributed by atoms with E-state index in [0.717, 1.165) is 23.3 Å². The molecule has 2 rings (SSSR count). The lowest BCUT2D eigenvalue weighted by molar-refractivity contribution is -0.119. The van der Waals surface area contributed by atoms with Crippen molar-refractivity contribution >= 4 is 17.6 Å². The maximum Gasteiger partial charge on any atom is 0.338 e. The highest BCUT2D eigenvalue weighted by Crippen LogP contribution is 2.14. The van der Waals surface area contributed by atoms with Crippen molar-refractivity contribution in [3.05, 3.63) is 64.7 Å². The summed E-state index contributed by atoms with van der Waals surface area (Å²) in [6, 6.07) is 8.18. The van der Waals surface area contributed by atoms with Gasteiger partial charge in [-0.3, -0.25) is 4.79 Å². The number of amides is 1. The highest BCUT2D eigenvalue weighted by molar-refractivity contribution is 5.96. The normalized spacial score (nSPS) is 10.3. The van der Waals surface area contributed by atoms with E-state index in [0.29, 0.717) is 5.56 Å². The number of esters is 1. The number of nitrogens with one attached hydrogen (secondary N) is 1. The minimum Gasteiger partial charge on any atom is -0.452 e. The summed E-state index contributed by atoms with van der Waals surface area (Å²) in [6.45, 7) is 3.15. The molecule has 0 aliphatic carbocycles. The first-order valence-electron chi connectivity index (χ1n) is 6.86. The maximum absolute atomic E-state index is 13.0. The van der Waals surface area contributed by atoms with E-state index in [1.165, 1.54) is 6.07 Å². The van der Waals surface area contributed by atoms with E-state index in [2.05, 4.69) is 5.32 Å². The fourth-order valence-electron chi connectivity index (χ4n) is 2.02. The Morgan fingerprint density at radius 3 is 2.43 bits per heavy atom. The van der Waals surface area contributed by atoms with Crippen molar-refractivity contribution in [1.82, 2.24) is 0 Å². The Morgan fingerprint density at radius 1 is 1.04 bits per heavy atom. The molecule has 4 nitrogen and oxygen atoms in total. The zero-order valence-electron chi connectivity index (χ0n) is 12.7. The predicted octanol–water partition coefficient (Wildman–Crippen LogP) is 3.38. The Labute approximate surface area is 132 Å². The molecule has 2 aromatic carbocycles. The van der Waals surface area contributed by atoms with Crippen LogP contribution in [0.2, 0.25) is 0 Å². The van der Waals surface area contributed by atoms with Crippen LogP contribution >= 0.6 is 0 Å². The molecule has 1 amide bonds. The first kappa shape index (κ1) is 16.6. The molecule has 23 heavy (non-hydrogen) atoms. The Bertz CT molecular complexity index is 759. The van der Waals surface area contributed by atoms with Crippen molar-refractivity contribution in [2.24, 2.45) is 0 Å². The largest absolute Gasteiger partial charge is 0.452 e. The molecule has 0 aliphatic heterocycles. The van der Waals surface area contributed by atoms with E-state index >= 15 is 0 Å². The molecule has 0 aliphatic rings. The summed E-state index contributed by atoms with van der Waals surface area (Å²) in [6.07, 6.45) is 0. The second-order valence-corrected chi connectivity index (χ2v) is 5.07. The van der Waals surface area contributed by atoms with Crippen LogP contribution in [0, 0.1) is 25.5 Å². The highest BCUT2D eigenvalue weighted by Gasteiger charge is 2.13. The smallest absolute Gasteiger partial charge is 0.338 e. The number of rotatable bonds is 4. The van der Waals surface area contributed by atoms with Gasteiger partial charge < -0.3 is 10.1 Å². The quantitative estimate of drug-likeness (QED) is 0.879. The second kappa shape index (κ2) is 7.00. The Kier molecular flexibility index (Phi) is 5.05. The first-order chi connectivity index (χ1) is 10.9. The van der Waals surface area contributed by atoms with Crippen LogP contribution in [-0.4, -0.2) is 18.5 Å². The van der Waals surface area contributed by atoms with E-state index in [4.69, 9.17) is 4.74 Å². The summed E-state index contributed by atoms with van der Waals surface area (Å²) in [5, 5.41) is 2.32. The van der Waals surface area contributed by atoms with Crippen LogP contribution < -0.4 is 5.32 Å². The third-order valence-corrected chi connectivity index (χ3v) is 3.14. The number of carbonyl (C=O) groups is 2. The lowest BCUT2D eigenvalue weighted by Crippen LogP contribution is -2.21. The average molecular weight is 319 g/mol. The van der Waals surface area contributed by atoms with Gasteiger partial charge >= 0.3 is 5.97 Å². The third kappa shape index (κ3) is 4.35. The standard InChI is InChI=1S/C17H15F2NO3/c1-10-3-5-13(11(2)7-10)17(22)23-9-16(21)20-12-4-6-14(18)15(19)8-12/h3-8H,9H2,1-2H3,(H,20,21). The van der Waals surface area contributed by atoms with Gasteiger partial charge in [-0.2, -0.15) is 0 Å². The van der Waals surface area contributed by atoms with Gasteiger partial charge in [0.1, 0.15) is 0 Å². The van der Waals surface area contributed by atoms with Crippen LogP contribution in [0.5, 0.6) is 0 Å². The zero-order chi connectivity index (χ0) is 17.0. The number of hydrogen-bond acceptors (Lipinski definition) is 3. The van der Waals surface area contributed by atoms with E-state index in [1.54, 1.807) is 19.1 Å². The molecule has 6 heteroatoms. The van der Waals surface area contributed by atoms with Crippen LogP contribution in [-0.2, 0) is 9.53 Å². The molecule has 0 spiro atoms. The van der Waals surface area contributed by atoms with Gasteiger partial charge in [0.25, 0.3) is 5.91 Å². The molecule has 2 aromatic rings. The van der Waals surface area contributed by atoms with Gasteiger partial charge in [0.15, 0.2) is 18.2 Å². The molecule has 1 N–H and O–H groups in total. The highest BCUT2D eigenvalue weighted by atomic mass is 19.2. The Balaban J connectivity index is 1.93. The number of ether oxygens (including phenoxy) is 1. The molecule has 0 fully saturated rings. The number of aryl methyl sites for hydroxylation is 2. The summed E-state index contributed by atoms with van der Waals surface area (Å²) in [4.78, 5) is 23.6. The molecule has 0 saturated heterocycles. The van der Waals surface area contributed by atoms with Crippen LogP contribution in [0.4, 0.5) is 14.5 Å². The third-order valence-electron chi connectivity index (χ3n) is 3.14. The molecular formula is C17H15F2NO3. The molecular weight excluding hydrogens is 304 g/mol. The van der Waals surface area contributed by atoms with Crippen LogP contribution in [0.1, 0.15) is 21.5 Å². The second-order valence-electron chi connectivity index (χ2n) is 5.07. The van der Waals surface area contributed by atoms with Crippen molar-refractivity contribution in [2.45, 2.75) is 13.8 Å². The molecule has 0 heterocycles. The molecule has 0 saturated carbocycles. The summed E-state index contributed by atoms with van der Waals surface area (Å²) < 4.78 is 30.7. The van der Waals surface area contributed by atoms with Crippen molar-refractivity contribution in [1.29, 1.82) is 0 Å². The number of carbonyl (C=O) groups excluding carboxylic acids is 2. The lowest BCUT2D eigenvalue weighted by atomic mass is 10.1. The Hall–Kier alpha value is -2.76. The van der Waals surface area contributed by atoms with Gasteiger partial charge in [-0.05, 0) is 37.6 Å². The van der Waals surface area contributed by atoms with E-state index in [1.807, 2.05) is 13.0 Å². The molecule has 0 unspecified atom stereocenters. The SMILES string of the molecule is Cc1ccc(C(=O)OCC(=O)Nc2ccc(F)c(F)c2)c(C)c1. The summed E-state index contributed by atoms with van der Waals surface area (Å²) in [5.41, 5.74) is 2.21. The van der Waals surface area contributed by atoms with E-state index in [-0.39, 0.29) is 5.69 Å². The topological polar surface area (TPSA) is 55.4 Å². The number of benzene rings is 2.